The van der Waals surface area contributed by atoms with Gasteiger partial charge in [0.2, 0.25) is 5.91 Å². The minimum Gasteiger partial charge on any atom is -0.481 e. The molecule has 0 aromatic rings. The summed E-state index contributed by atoms with van der Waals surface area (Å²) < 4.78 is 5.88. The molecule has 6 nitrogen and oxygen atoms in total. The number of carbonyl (C=O) groups is 2. The summed E-state index contributed by atoms with van der Waals surface area (Å²) in [5, 5.41) is 11.2. The lowest BCUT2D eigenvalue weighted by Crippen LogP contribution is -2.43. The van der Waals surface area contributed by atoms with E-state index in [9.17, 15) is 9.59 Å². The molecule has 21 heavy (non-hydrogen) atoms. The second kappa shape index (κ2) is 7.75. The number of ether oxygens (including phenoxy) is 1. The Morgan fingerprint density at radius 2 is 2.05 bits per heavy atom. The van der Waals surface area contributed by atoms with E-state index in [1.165, 1.54) is 12.8 Å². The van der Waals surface area contributed by atoms with Gasteiger partial charge in [0.05, 0.1) is 25.2 Å². The van der Waals surface area contributed by atoms with Crippen molar-refractivity contribution in [1.82, 2.24) is 5.32 Å². The number of carboxylic acids is 1. The summed E-state index contributed by atoms with van der Waals surface area (Å²) in [6.45, 7) is 7.48. The molecule has 122 valence electrons. The van der Waals surface area contributed by atoms with E-state index in [4.69, 9.17) is 15.6 Å². The summed E-state index contributed by atoms with van der Waals surface area (Å²) in [5.74, 6) is -0.977. The maximum absolute atomic E-state index is 11.5. The highest BCUT2D eigenvalue weighted by molar-refractivity contribution is 5.85. The highest BCUT2D eigenvalue weighted by Gasteiger charge is 2.36. The van der Waals surface area contributed by atoms with Gasteiger partial charge < -0.3 is 20.9 Å². The van der Waals surface area contributed by atoms with Gasteiger partial charge in [0.25, 0.3) is 0 Å². The third kappa shape index (κ3) is 6.01. The number of hydrogen-bond acceptors (Lipinski definition) is 4. The van der Waals surface area contributed by atoms with Crippen molar-refractivity contribution in [3.8, 4) is 0 Å². The average molecular weight is 300 g/mol. The van der Waals surface area contributed by atoms with Crippen LogP contribution in [0.1, 0.15) is 46.5 Å². The van der Waals surface area contributed by atoms with Gasteiger partial charge in [0, 0.05) is 6.54 Å². The SMILES string of the molecule is CC(C)(C)C1CCCC1OCCNC(=O)[C@@H](N)CC(=O)O. The molecule has 1 rings (SSSR count). The molecule has 6 heteroatoms. The first-order chi connectivity index (χ1) is 9.71. The summed E-state index contributed by atoms with van der Waals surface area (Å²) in [4.78, 5) is 22.0. The Morgan fingerprint density at radius 3 is 2.62 bits per heavy atom. The number of carbonyl (C=O) groups excluding carboxylic acids is 1. The van der Waals surface area contributed by atoms with Crippen molar-refractivity contribution in [1.29, 1.82) is 0 Å². The molecule has 1 aliphatic rings. The van der Waals surface area contributed by atoms with E-state index in [1.807, 2.05) is 0 Å². The maximum Gasteiger partial charge on any atom is 0.305 e. The van der Waals surface area contributed by atoms with E-state index < -0.39 is 17.9 Å². The average Bonchev–Trinajstić information content (AvgIpc) is 2.81. The molecule has 0 saturated heterocycles. The molecular weight excluding hydrogens is 272 g/mol. The molecule has 0 bridgehead atoms. The lowest BCUT2D eigenvalue weighted by Gasteiger charge is -2.32. The fourth-order valence-electron chi connectivity index (χ4n) is 2.91. The number of rotatable bonds is 7. The fraction of sp³-hybridized carbons (Fsp3) is 0.867. The molecule has 0 heterocycles. The second-order valence-corrected chi connectivity index (χ2v) is 6.81. The van der Waals surface area contributed by atoms with Gasteiger partial charge >= 0.3 is 5.97 Å². The van der Waals surface area contributed by atoms with Crippen LogP contribution in [0.4, 0.5) is 0 Å². The third-order valence-corrected chi connectivity index (χ3v) is 4.03. The van der Waals surface area contributed by atoms with Gasteiger partial charge in [-0.1, -0.05) is 27.2 Å². The van der Waals surface area contributed by atoms with Gasteiger partial charge in [-0.3, -0.25) is 9.59 Å². The van der Waals surface area contributed by atoms with Crippen LogP contribution >= 0.6 is 0 Å². The van der Waals surface area contributed by atoms with Crippen molar-refractivity contribution >= 4 is 11.9 Å². The van der Waals surface area contributed by atoms with Crippen LogP contribution in [0.5, 0.6) is 0 Å². The largest absolute Gasteiger partial charge is 0.481 e. The standard InChI is InChI=1S/C15H28N2O4/c1-15(2,3)10-5-4-6-12(10)21-8-7-17-14(20)11(16)9-13(18)19/h10-12H,4-9,16H2,1-3H3,(H,17,20)(H,18,19)/t10?,11-,12?/m0/s1. The van der Waals surface area contributed by atoms with Crippen LogP contribution in [0.2, 0.25) is 0 Å². The Labute approximate surface area is 126 Å². The quantitative estimate of drug-likeness (QED) is 0.612. The normalized spacial score (nSPS) is 23.8. The Balaban J connectivity index is 2.25. The molecular formula is C15H28N2O4. The van der Waals surface area contributed by atoms with Crippen molar-refractivity contribution in [3.63, 3.8) is 0 Å². The third-order valence-electron chi connectivity index (χ3n) is 4.03. The van der Waals surface area contributed by atoms with Crippen molar-refractivity contribution in [2.24, 2.45) is 17.1 Å². The van der Waals surface area contributed by atoms with Crippen LogP contribution in [0.25, 0.3) is 0 Å². The zero-order chi connectivity index (χ0) is 16.0. The Hall–Kier alpha value is -1.14. The number of nitrogens with two attached hydrogens (primary N) is 1. The van der Waals surface area contributed by atoms with E-state index in [1.54, 1.807) is 0 Å². The van der Waals surface area contributed by atoms with Crippen molar-refractivity contribution < 1.29 is 19.4 Å². The maximum atomic E-state index is 11.5. The van der Waals surface area contributed by atoms with Gasteiger partial charge in [-0.2, -0.15) is 0 Å². The van der Waals surface area contributed by atoms with Crippen LogP contribution < -0.4 is 11.1 Å². The van der Waals surface area contributed by atoms with E-state index in [0.29, 0.717) is 19.1 Å². The molecule has 0 aliphatic heterocycles. The number of aliphatic carboxylic acids is 1. The number of carboxylic acid groups (broad SMARTS) is 1. The van der Waals surface area contributed by atoms with Gasteiger partial charge in [-0.15, -0.1) is 0 Å². The molecule has 0 aromatic heterocycles. The molecule has 1 saturated carbocycles. The smallest absolute Gasteiger partial charge is 0.305 e. The minimum atomic E-state index is -1.08. The zero-order valence-corrected chi connectivity index (χ0v) is 13.2. The Kier molecular flexibility index (Phi) is 6.61. The Morgan fingerprint density at radius 1 is 1.38 bits per heavy atom. The number of amides is 1. The molecule has 0 spiro atoms. The Bertz CT molecular complexity index is 365. The van der Waals surface area contributed by atoms with Gasteiger partial charge in [0.1, 0.15) is 0 Å². The van der Waals surface area contributed by atoms with Gasteiger partial charge in [-0.25, -0.2) is 0 Å². The number of nitrogens with one attached hydrogen (secondary N) is 1. The first kappa shape index (κ1) is 17.9. The van der Waals surface area contributed by atoms with Crippen LogP contribution in [0, 0.1) is 11.3 Å². The van der Waals surface area contributed by atoms with Crippen LogP contribution in [-0.2, 0) is 14.3 Å². The van der Waals surface area contributed by atoms with E-state index in [2.05, 4.69) is 26.1 Å². The first-order valence-electron chi connectivity index (χ1n) is 7.58. The molecule has 1 amide bonds. The van der Waals surface area contributed by atoms with E-state index >= 15 is 0 Å². The summed E-state index contributed by atoms with van der Waals surface area (Å²) in [7, 11) is 0. The molecule has 1 fully saturated rings. The summed E-state index contributed by atoms with van der Waals surface area (Å²) >= 11 is 0. The predicted molar refractivity (Wildman–Crippen MR) is 79.8 cm³/mol. The predicted octanol–water partition coefficient (Wildman–Crippen LogP) is 1.14. The highest BCUT2D eigenvalue weighted by Crippen LogP contribution is 2.40. The fourth-order valence-corrected chi connectivity index (χ4v) is 2.91. The summed E-state index contributed by atoms with van der Waals surface area (Å²) in [6.07, 6.45) is 3.32. The zero-order valence-electron chi connectivity index (χ0n) is 13.2. The van der Waals surface area contributed by atoms with E-state index in [-0.39, 0.29) is 17.9 Å². The van der Waals surface area contributed by atoms with Crippen molar-refractivity contribution in [2.45, 2.75) is 58.6 Å². The lowest BCUT2D eigenvalue weighted by molar-refractivity contribution is -0.139. The molecule has 1 aliphatic carbocycles. The van der Waals surface area contributed by atoms with Crippen LogP contribution in [0.15, 0.2) is 0 Å². The molecule has 2 unspecified atom stereocenters. The molecule has 3 atom stereocenters. The van der Waals surface area contributed by atoms with Crippen molar-refractivity contribution in [2.75, 3.05) is 13.2 Å². The first-order valence-corrected chi connectivity index (χ1v) is 7.58. The lowest BCUT2D eigenvalue weighted by atomic mass is 9.78. The van der Waals surface area contributed by atoms with Crippen LogP contribution in [-0.4, -0.2) is 42.3 Å². The molecule has 4 N–H and O–H groups in total. The highest BCUT2D eigenvalue weighted by atomic mass is 16.5. The molecule has 0 radical (unpaired) electrons. The van der Waals surface area contributed by atoms with Gasteiger partial charge in [-0.05, 0) is 24.2 Å². The topological polar surface area (TPSA) is 102 Å². The van der Waals surface area contributed by atoms with E-state index in [0.717, 1.165) is 6.42 Å². The van der Waals surface area contributed by atoms with Crippen LogP contribution in [0.3, 0.4) is 0 Å². The summed E-state index contributed by atoms with van der Waals surface area (Å²) in [6, 6.07) is -1.00. The monoisotopic (exact) mass is 300 g/mol. The second-order valence-electron chi connectivity index (χ2n) is 6.81. The van der Waals surface area contributed by atoms with Gasteiger partial charge in [0.15, 0.2) is 0 Å². The number of hydrogen-bond donors (Lipinski definition) is 3. The molecule has 0 aromatic carbocycles. The summed E-state index contributed by atoms with van der Waals surface area (Å²) in [5.41, 5.74) is 5.70. The van der Waals surface area contributed by atoms with Crippen molar-refractivity contribution in [3.05, 3.63) is 0 Å². The minimum absolute atomic E-state index is 0.230.